The van der Waals surface area contributed by atoms with E-state index in [-0.39, 0.29) is 37.0 Å². The number of esters is 4. The number of carbonyl (C=O) groups is 4. The monoisotopic (exact) mass is 713 g/mol. The van der Waals surface area contributed by atoms with Crippen LogP contribution in [0.1, 0.15) is 162 Å². The van der Waals surface area contributed by atoms with Crippen molar-refractivity contribution in [3.8, 4) is 0 Å². The molecule has 1 N–H and O–H groups in total. The molecule has 0 aliphatic carbocycles. The van der Waals surface area contributed by atoms with Gasteiger partial charge in [-0.3, -0.25) is 14.4 Å². The number of rotatable bonds is 34. The first-order chi connectivity index (χ1) is 24.0. The van der Waals surface area contributed by atoms with Crippen LogP contribution >= 0.6 is 0 Å². The zero-order valence-electron chi connectivity index (χ0n) is 32.6. The van der Waals surface area contributed by atoms with Crippen molar-refractivity contribution in [2.45, 2.75) is 174 Å². The van der Waals surface area contributed by atoms with Crippen LogP contribution in [0.25, 0.3) is 0 Å². The molecule has 0 aromatic rings. The Bertz CT molecular complexity index is 905. The fourth-order valence-electron chi connectivity index (χ4n) is 5.55. The predicted octanol–water partition coefficient (Wildman–Crippen LogP) is 8.16. The first kappa shape index (κ1) is 47.5. The quantitative estimate of drug-likeness (QED) is 0.0231. The average Bonchev–Trinajstić information content (AvgIpc) is 3.05. The Morgan fingerprint density at radius 2 is 1.18 bits per heavy atom. The van der Waals surface area contributed by atoms with Gasteiger partial charge in [0, 0.05) is 19.8 Å². The summed E-state index contributed by atoms with van der Waals surface area (Å²) in [5.74, 6) is -0.868. The Morgan fingerprint density at radius 3 is 1.80 bits per heavy atom. The van der Waals surface area contributed by atoms with E-state index in [1.54, 1.807) is 0 Å². The van der Waals surface area contributed by atoms with Crippen molar-refractivity contribution in [1.82, 2.24) is 0 Å². The SMILES string of the molecule is CCCCCC(OC(=O)C[N+](C)(C)CCOC(=O)CCC)C(O)C/C=C\CCCCCCCC(=O)OCCCCCCCCCCOC(C)=O. The number of ether oxygens (including phenoxy) is 4. The molecule has 0 saturated carbocycles. The highest BCUT2D eigenvalue weighted by atomic mass is 16.6. The normalized spacial score (nSPS) is 12.8. The molecule has 0 bridgehead atoms. The van der Waals surface area contributed by atoms with Gasteiger partial charge in [-0.2, -0.15) is 0 Å². The number of allylic oxidation sites excluding steroid dienone is 1. The molecular weight excluding hydrogens is 638 g/mol. The largest absolute Gasteiger partial charge is 0.466 e. The van der Waals surface area contributed by atoms with Crippen molar-refractivity contribution in [1.29, 1.82) is 0 Å². The van der Waals surface area contributed by atoms with E-state index in [0.717, 1.165) is 96.3 Å². The lowest BCUT2D eigenvalue weighted by molar-refractivity contribution is -0.883. The zero-order valence-corrected chi connectivity index (χ0v) is 32.6. The summed E-state index contributed by atoms with van der Waals surface area (Å²) in [5, 5.41) is 10.9. The molecule has 0 saturated heterocycles. The molecule has 0 aromatic heterocycles. The molecule has 0 fully saturated rings. The van der Waals surface area contributed by atoms with Crippen LogP contribution in [-0.2, 0) is 38.1 Å². The number of quaternary nitrogens is 1. The van der Waals surface area contributed by atoms with Crippen LogP contribution < -0.4 is 0 Å². The second-order valence-corrected chi connectivity index (χ2v) is 14.3. The Labute approximate surface area is 304 Å². The van der Waals surface area contributed by atoms with Crippen molar-refractivity contribution in [2.75, 3.05) is 47.0 Å². The summed E-state index contributed by atoms with van der Waals surface area (Å²) in [6.07, 6.45) is 23.2. The van der Waals surface area contributed by atoms with Gasteiger partial charge in [0.2, 0.25) is 0 Å². The Balaban J connectivity index is 4.02. The number of likely N-dealkylation sites (N-methyl/N-ethyl adjacent to an activating group) is 1. The van der Waals surface area contributed by atoms with Crippen LogP contribution in [0.2, 0.25) is 0 Å². The van der Waals surface area contributed by atoms with E-state index in [9.17, 15) is 24.3 Å². The van der Waals surface area contributed by atoms with Gasteiger partial charge in [-0.05, 0) is 57.8 Å². The number of nitrogens with zero attached hydrogens (tertiary/aromatic N) is 1. The molecule has 0 rings (SSSR count). The molecule has 0 aromatic carbocycles. The Kier molecular flexibility index (Phi) is 30.9. The smallest absolute Gasteiger partial charge is 0.362 e. The molecule has 292 valence electrons. The first-order valence-corrected chi connectivity index (χ1v) is 19.8. The topological polar surface area (TPSA) is 125 Å². The van der Waals surface area contributed by atoms with Gasteiger partial charge in [-0.25, -0.2) is 4.79 Å². The first-order valence-electron chi connectivity index (χ1n) is 19.8. The second-order valence-electron chi connectivity index (χ2n) is 14.3. The lowest BCUT2D eigenvalue weighted by Crippen LogP contribution is -2.48. The van der Waals surface area contributed by atoms with Crippen molar-refractivity contribution in [3.63, 3.8) is 0 Å². The van der Waals surface area contributed by atoms with E-state index in [1.807, 2.05) is 27.1 Å². The molecule has 0 spiro atoms. The van der Waals surface area contributed by atoms with Gasteiger partial charge in [0.05, 0.1) is 33.4 Å². The maximum atomic E-state index is 12.8. The minimum absolute atomic E-state index is 0.0918. The third kappa shape index (κ3) is 31.5. The molecular formula is C40H74NO9+. The van der Waals surface area contributed by atoms with E-state index in [2.05, 4.69) is 13.0 Å². The molecule has 0 aliphatic rings. The molecule has 0 radical (unpaired) electrons. The minimum Gasteiger partial charge on any atom is -0.466 e. The highest BCUT2D eigenvalue weighted by Gasteiger charge is 2.27. The minimum atomic E-state index is -0.751. The summed E-state index contributed by atoms with van der Waals surface area (Å²) in [4.78, 5) is 47.1. The summed E-state index contributed by atoms with van der Waals surface area (Å²) in [5.41, 5.74) is 0. The van der Waals surface area contributed by atoms with Crippen LogP contribution in [0.5, 0.6) is 0 Å². The number of aliphatic hydroxyl groups is 1. The van der Waals surface area contributed by atoms with E-state index in [0.29, 0.717) is 49.9 Å². The third-order valence-corrected chi connectivity index (χ3v) is 8.68. The highest BCUT2D eigenvalue weighted by molar-refractivity contribution is 5.71. The molecule has 50 heavy (non-hydrogen) atoms. The van der Waals surface area contributed by atoms with Crippen molar-refractivity contribution in [3.05, 3.63) is 12.2 Å². The van der Waals surface area contributed by atoms with E-state index in [1.165, 1.54) is 26.2 Å². The van der Waals surface area contributed by atoms with Crippen LogP contribution in [0.4, 0.5) is 0 Å². The molecule has 0 aliphatic heterocycles. The maximum absolute atomic E-state index is 12.8. The molecule has 2 atom stereocenters. The van der Waals surface area contributed by atoms with Crippen LogP contribution in [0, 0.1) is 0 Å². The number of hydrogen-bond acceptors (Lipinski definition) is 9. The van der Waals surface area contributed by atoms with E-state index < -0.39 is 12.2 Å². The highest BCUT2D eigenvalue weighted by Crippen LogP contribution is 2.16. The van der Waals surface area contributed by atoms with Gasteiger partial charge in [0.15, 0.2) is 6.54 Å². The fraction of sp³-hybridized carbons (Fsp3) is 0.850. The number of carbonyl (C=O) groups excluding carboxylic acids is 4. The summed E-state index contributed by atoms with van der Waals surface area (Å²) < 4.78 is 21.7. The van der Waals surface area contributed by atoms with E-state index in [4.69, 9.17) is 18.9 Å². The maximum Gasteiger partial charge on any atom is 0.362 e. The van der Waals surface area contributed by atoms with Gasteiger partial charge >= 0.3 is 23.9 Å². The summed E-state index contributed by atoms with van der Waals surface area (Å²) in [7, 11) is 3.81. The standard InChI is InChI=1S/C40H74NO9/c1-6-8-21-28-37(50-40(46)34-41(4,5)30-33-49-38(44)26-7-2)36(43)27-22-17-13-9-10-14-18-23-29-39(45)48-32-25-20-16-12-11-15-19-24-31-47-35(3)42/h17,22,36-37,43H,6-16,18-21,23-34H2,1-5H3/q+1/b22-17-. The van der Waals surface area contributed by atoms with Gasteiger partial charge in [-0.15, -0.1) is 0 Å². The Morgan fingerprint density at radius 1 is 0.620 bits per heavy atom. The second kappa shape index (κ2) is 32.4. The number of aliphatic hydroxyl groups excluding tert-OH is 1. The zero-order chi connectivity index (χ0) is 37.3. The van der Waals surface area contributed by atoms with Gasteiger partial charge in [0.1, 0.15) is 19.3 Å². The molecule has 10 heteroatoms. The molecule has 2 unspecified atom stereocenters. The van der Waals surface area contributed by atoms with Gasteiger partial charge < -0.3 is 28.5 Å². The van der Waals surface area contributed by atoms with Gasteiger partial charge in [-0.1, -0.05) is 96.6 Å². The fourth-order valence-corrected chi connectivity index (χ4v) is 5.55. The van der Waals surface area contributed by atoms with Crippen molar-refractivity contribution in [2.24, 2.45) is 0 Å². The Hall–Kier alpha value is -2.46. The van der Waals surface area contributed by atoms with Crippen molar-refractivity contribution >= 4 is 23.9 Å². The molecule has 0 amide bonds. The molecule has 0 heterocycles. The summed E-state index contributed by atoms with van der Waals surface area (Å²) in [6, 6.07) is 0. The number of hydrogen-bond donors (Lipinski definition) is 1. The summed E-state index contributed by atoms with van der Waals surface area (Å²) in [6.45, 7) is 7.44. The lowest BCUT2D eigenvalue weighted by Gasteiger charge is -2.30. The number of unbranched alkanes of at least 4 members (excludes halogenated alkanes) is 14. The van der Waals surface area contributed by atoms with Crippen LogP contribution in [-0.4, -0.2) is 92.7 Å². The predicted molar refractivity (Wildman–Crippen MR) is 198 cm³/mol. The van der Waals surface area contributed by atoms with E-state index >= 15 is 0 Å². The lowest BCUT2D eigenvalue weighted by atomic mass is 10.0. The van der Waals surface area contributed by atoms with Crippen molar-refractivity contribution < 1.29 is 47.7 Å². The third-order valence-electron chi connectivity index (χ3n) is 8.68. The van der Waals surface area contributed by atoms with Crippen LogP contribution in [0.15, 0.2) is 12.2 Å². The summed E-state index contributed by atoms with van der Waals surface area (Å²) >= 11 is 0. The van der Waals surface area contributed by atoms with Crippen LogP contribution in [0.3, 0.4) is 0 Å². The van der Waals surface area contributed by atoms with Gasteiger partial charge in [0.25, 0.3) is 0 Å². The average molecular weight is 713 g/mol. The molecule has 10 nitrogen and oxygen atoms in total.